The molecule has 0 aromatic heterocycles. The van der Waals surface area contributed by atoms with Crippen molar-refractivity contribution < 1.29 is 19.2 Å². The number of nitro benzene ring substituents is 1. The van der Waals surface area contributed by atoms with Gasteiger partial charge in [0, 0.05) is 17.3 Å². The first-order valence-corrected chi connectivity index (χ1v) is 7.86. The molecular formula is C18H18N4O5. The number of benzene rings is 2. The van der Waals surface area contributed by atoms with Crippen LogP contribution in [-0.2, 0) is 9.59 Å². The highest BCUT2D eigenvalue weighted by Gasteiger charge is 2.15. The van der Waals surface area contributed by atoms with Crippen LogP contribution in [0.5, 0.6) is 5.75 Å². The van der Waals surface area contributed by atoms with Crippen LogP contribution < -0.4 is 15.5 Å². The smallest absolute Gasteiger partial charge is 0.329 e. The molecule has 2 amide bonds. The Morgan fingerprint density at radius 1 is 1.11 bits per heavy atom. The minimum atomic E-state index is -0.965. The van der Waals surface area contributed by atoms with E-state index < -0.39 is 16.7 Å². The summed E-state index contributed by atoms with van der Waals surface area (Å²) < 4.78 is 4.90. The number of ether oxygens (including phenoxy) is 1. The van der Waals surface area contributed by atoms with Crippen molar-refractivity contribution in [2.45, 2.75) is 13.8 Å². The van der Waals surface area contributed by atoms with E-state index in [1.54, 1.807) is 12.1 Å². The fraction of sp³-hybridized carbons (Fsp3) is 0.167. The highest BCUT2D eigenvalue weighted by molar-refractivity contribution is 6.39. The maximum absolute atomic E-state index is 11.9. The number of carbonyl (C=O) groups is 2. The topological polar surface area (TPSA) is 123 Å². The molecular weight excluding hydrogens is 352 g/mol. The first-order valence-electron chi connectivity index (χ1n) is 7.86. The number of aryl methyl sites for hydroxylation is 2. The second-order valence-electron chi connectivity index (χ2n) is 5.64. The number of hydrogen-bond acceptors (Lipinski definition) is 6. The van der Waals surface area contributed by atoms with E-state index in [1.165, 1.54) is 31.5 Å². The largest absolute Gasteiger partial charge is 0.490 e. The molecule has 2 rings (SSSR count). The molecule has 140 valence electrons. The van der Waals surface area contributed by atoms with Crippen LogP contribution >= 0.6 is 0 Å². The Hall–Kier alpha value is -3.75. The number of hydrogen-bond donors (Lipinski definition) is 2. The number of methoxy groups -OCH3 is 1. The van der Waals surface area contributed by atoms with Gasteiger partial charge in [0.15, 0.2) is 5.75 Å². The lowest BCUT2D eigenvalue weighted by molar-refractivity contribution is -0.385. The minimum Gasteiger partial charge on any atom is -0.490 e. The quantitative estimate of drug-likeness (QED) is 0.362. The number of nitro groups is 1. The van der Waals surface area contributed by atoms with Crippen molar-refractivity contribution in [2.75, 3.05) is 12.4 Å². The Morgan fingerprint density at radius 3 is 2.48 bits per heavy atom. The van der Waals surface area contributed by atoms with Gasteiger partial charge in [-0.15, -0.1) is 0 Å². The van der Waals surface area contributed by atoms with E-state index in [0.717, 1.165) is 11.1 Å². The van der Waals surface area contributed by atoms with Crippen molar-refractivity contribution in [3.63, 3.8) is 0 Å². The summed E-state index contributed by atoms with van der Waals surface area (Å²) in [6.45, 7) is 3.83. The summed E-state index contributed by atoms with van der Waals surface area (Å²) in [6, 6.07) is 9.44. The summed E-state index contributed by atoms with van der Waals surface area (Å²) in [5, 5.41) is 17.1. The summed E-state index contributed by atoms with van der Waals surface area (Å²) in [5.41, 5.74) is 4.73. The number of nitrogens with zero attached hydrogens (tertiary/aromatic N) is 2. The van der Waals surface area contributed by atoms with E-state index in [0.29, 0.717) is 11.3 Å². The highest BCUT2D eigenvalue weighted by Crippen LogP contribution is 2.26. The molecule has 9 heteroatoms. The Morgan fingerprint density at radius 2 is 1.85 bits per heavy atom. The molecule has 0 unspecified atom stereocenters. The van der Waals surface area contributed by atoms with Gasteiger partial charge in [0.25, 0.3) is 0 Å². The molecule has 2 aromatic rings. The van der Waals surface area contributed by atoms with Gasteiger partial charge in [-0.05, 0) is 49.2 Å². The van der Waals surface area contributed by atoms with E-state index in [9.17, 15) is 19.7 Å². The minimum absolute atomic E-state index is 0.106. The summed E-state index contributed by atoms with van der Waals surface area (Å²) in [6.07, 6.45) is 1.19. The molecule has 0 spiro atoms. The molecule has 0 saturated heterocycles. The van der Waals surface area contributed by atoms with Gasteiger partial charge in [0.1, 0.15) is 0 Å². The number of rotatable bonds is 5. The number of carbonyl (C=O) groups excluding carboxylic acids is 2. The highest BCUT2D eigenvalue weighted by atomic mass is 16.6. The Labute approximate surface area is 155 Å². The zero-order valence-electron chi connectivity index (χ0n) is 15.0. The summed E-state index contributed by atoms with van der Waals surface area (Å²) >= 11 is 0. The van der Waals surface area contributed by atoms with Crippen LogP contribution in [0.15, 0.2) is 41.5 Å². The molecule has 0 atom stereocenters. The number of nitrogens with one attached hydrogen (secondary N) is 2. The number of hydrazone groups is 1. The molecule has 0 heterocycles. The van der Waals surface area contributed by atoms with Crippen LogP contribution in [0.2, 0.25) is 0 Å². The normalized spacial score (nSPS) is 10.5. The third-order valence-electron chi connectivity index (χ3n) is 3.75. The molecule has 0 aliphatic carbocycles. The molecule has 0 radical (unpaired) electrons. The van der Waals surface area contributed by atoms with Crippen molar-refractivity contribution in [1.29, 1.82) is 0 Å². The monoisotopic (exact) mass is 370 g/mol. The summed E-state index contributed by atoms with van der Waals surface area (Å²) in [7, 11) is 1.32. The maximum Gasteiger partial charge on any atom is 0.329 e. The molecule has 0 aliphatic heterocycles. The number of amides is 2. The maximum atomic E-state index is 11.9. The Bertz CT molecular complexity index is 924. The van der Waals surface area contributed by atoms with Gasteiger partial charge in [-0.1, -0.05) is 6.07 Å². The molecule has 2 aromatic carbocycles. The van der Waals surface area contributed by atoms with E-state index in [4.69, 9.17) is 4.74 Å². The molecule has 0 fully saturated rings. The van der Waals surface area contributed by atoms with E-state index >= 15 is 0 Å². The lowest BCUT2D eigenvalue weighted by Gasteiger charge is -2.06. The molecule has 0 aliphatic rings. The van der Waals surface area contributed by atoms with Gasteiger partial charge in [-0.3, -0.25) is 19.7 Å². The van der Waals surface area contributed by atoms with Crippen LogP contribution in [0.25, 0.3) is 0 Å². The van der Waals surface area contributed by atoms with Crippen molar-refractivity contribution in [3.05, 3.63) is 63.2 Å². The molecule has 27 heavy (non-hydrogen) atoms. The van der Waals surface area contributed by atoms with Crippen LogP contribution in [0.3, 0.4) is 0 Å². The van der Waals surface area contributed by atoms with Crippen molar-refractivity contribution in [3.8, 4) is 5.75 Å². The van der Waals surface area contributed by atoms with Gasteiger partial charge < -0.3 is 10.1 Å². The van der Waals surface area contributed by atoms with Gasteiger partial charge in [0.2, 0.25) is 0 Å². The second-order valence-corrected chi connectivity index (χ2v) is 5.64. The third-order valence-corrected chi connectivity index (χ3v) is 3.75. The zero-order chi connectivity index (χ0) is 20.0. The summed E-state index contributed by atoms with van der Waals surface area (Å²) in [4.78, 5) is 34.1. The Balaban J connectivity index is 1.99. The standard InChI is InChI=1S/C18H18N4O5/c1-11-4-6-14(8-12(11)2)20-17(23)18(24)21-19-10-13-5-7-16(27-3)15(9-13)22(25)26/h4-10H,1-3H3,(H,20,23)(H,21,24)/b19-10-. The van der Waals surface area contributed by atoms with Crippen molar-refractivity contribution >= 4 is 29.4 Å². The molecule has 2 N–H and O–H groups in total. The fourth-order valence-electron chi connectivity index (χ4n) is 2.15. The predicted molar refractivity (Wildman–Crippen MR) is 99.9 cm³/mol. The van der Waals surface area contributed by atoms with Gasteiger partial charge in [0.05, 0.1) is 18.2 Å². The molecule has 0 saturated carbocycles. The predicted octanol–water partition coefficient (Wildman–Crippen LogP) is 2.31. The number of anilines is 1. The third kappa shape index (κ3) is 5.11. The van der Waals surface area contributed by atoms with Crippen LogP contribution in [0, 0.1) is 24.0 Å². The first kappa shape index (κ1) is 19.6. The lowest BCUT2D eigenvalue weighted by Crippen LogP contribution is -2.32. The van der Waals surface area contributed by atoms with Crippen molar-refractivity contribution in [1.82, 2.24) is 5.43 Å². The first-order chi connectivity index (χ1) is 12.8. The molecule has 0 bridgehead atoms. The van der Waals surface area contributed by atoms with Crippen LogP contribution in [0.4, 0.5) is 11.4 Å². The van der Waals surface area contributed by atoms with Crippen LogP contribution in [-0.4, -0.2) is 30.1 Å². The van der Waals surface area contributed by atoms with Gasteiger partial charge in [-0.2, -0.15) is 5.10 Å². The van der Waals surface area contributed by atoms with Gasteiger partial charge in [-0.25, -0.2) is 5.43 Å². The van der Waals surface area contributed by atoms with E-state index in [2.05, 4.69) is 15.8 Å². The van der Waals surface area contributed by atoms with Crippen molar-refractivity contribution in [2.24, 2.45) is 5.10 Å². The SMILES string of the molecule is COc1ccc(/C=N\NC(=O)C(=O)Nc2ccc(C)c(C)c2)cc1[N+](=O)[O-]. The van der Waals surface area contributed by atoms with Crippen LogP contribution in [0.1, 0.15) is 16.7 Å². The van der Waals surface area contributed by atoms with E-state index in [1.807, 2.05) is 19.9 Å². The average molecular weight is 370 g/mol. The fourth-order valence-corrected chi connectivity index (χ4v) is 2.15. The molecule has 9 nitrogen and oxygen atoms in total. The van der Waals surface area contributed by atoms with Gasteiger partial charge >= 0.3 is 17.5 Å². The second kappa shape index (κ2) is 8.56. The average Bonchev–Trinajstić information content (AvgIpc) is 2.64. The Kier molecular flexibility index (Phi) is 6.21. The van der Waals surface area contributed by atoms with E-state index in [-0.39, 0.29) is 11.4 Å². The zero-order valence-corrected chi connectivity index (χ0v) is 15.0. The lowest BCUT2D eigenvalue weighted by atomic mass is 10.1. The summed E-state index contributed by atoms with van der Waals surface area (Å²) in [5.74, 6) is -1.74.